The minimum atomic E-state index is 0.0481. The van der Waals surface area contributed by atoms with Crippen molar-refractivity contribution < 1.29 is 9.90 Å². The van der Waals surface area contributed by atoms with Crippen LogP contribution < -0.4 is 0 Å². The molecule has 1 atom stereocenters. The van der Waals surface area contributed by atoms with Crippen molar-refractivity contribution in [2.75, 3.05) is 26.0 Å². The lowest BCUT2D eigenvalue weighted by molar-refractivity contribution is 0.0701. The molecule has 0 saturated carbocycles. The monoisotopic (exact) mass is 346 g/mol. The van der Waals surface area contributed by atoms with Gasteiger partial charge < -0.3 is 10.0 Å². The van der Waals surface area contributed by atoms with Crippen molar-refractivity contribution >= 4 is 17.7 Å². The van der Waals surface area contributed by atoms with Crippen LogP contribution in [0.4, 0.5) is 0 Å². The minimum Gasteiger partial charge on any atom is -0.394 e. The average Bonchev–Trinajstić information content (AvgIpc) is 3.10. The number of aromatic nitrogens is 3. The van der Waals surface area contributed by atoms with E-state index in [1.807, 2.05) is 35.6 Å². The van der Waals surface area contributed by atoms with Crippen LogP contribution in [0.2, 0.25) is 0 Å². The van der Waals surface area contributed by atoms with Crippen LogP contribution in [0.15, 0.2) is 35.6 Å². The van der Waals surface area contributed by atoms with E-state index in [9.17, 15) is 4.79 Å². The van der Waals surface area contributed by atoms with E-state index >= 15 is 0 Å². The van der Waals surface area contributed by atoms with Crippen LogP contribution in [-0.2, 0) is 6.54 Å². The number of carbonyl (C=O) groups is 1. The number of hydrogen-bond donors (Lipinski definition) is 1. The zero-order chi connectivity index (χ0) is 16.9. The molecule has 2 aromatic rings. The largest absolute Gasteiger partial charge is 0.394 e. The van der Waals surface area contributed by atoms with Gasteiger partial charge in [0.1, 0.15) is 5.03 Å². The van der Waals surface area contributed by atoms with E-state index in [2.05, 4.69) is 10.1 Å². The first-order valence-electron chi connectivity index (χ1n) is 8.15. The summed E-state index contributed by atoms with van der Waals surface area (Å²) in [6.07, 6.45) is 7.54. The number of aliphatic hydroxyl groups excluding tert-OH is 1. The van der Waals surface area contributed by atoms with Gasteiger partial charge in [0.25, 0.3) is 5.91 Å². The fraction of sp³-hybridized carbons (Fsp3) is 0.471. The number of rotatable bonds is 5. The molecule has 3 rings (SSSR count). The van der Waals surface area contributed by atoms with Crippen LogP contribution >= 0.6 is 11.8 Å². The van der Waals surface area contributed by atoms with Crippen molar-refractivity contribution in [3.63, 3.8) is 0 Å². The Hall–Kier alpha value is -1.86. The molecule has 24 heavy (non-hydrogen) atoms. The van der Waals surface area contributed by atoms with Crippen LogP contribution in [0.1, 0.15) is 34.8 Å². The number of aliphatic hydroxyl groups is 1. The Morgan fingerprint density at radius 3 is 3.12 bits per heavy atom. The number of likely N-dealkylation sites (tertiary alicyclic amines) is 1. The van der Waals surface area contributed by atoms with E-state index in [1.165, 1.54) is 11.8 Å². The maximum atomic E-state index is 12.9. The first-order valence-corrected chi connectivity index (χ1v) is 9.38. The second-order valence-corrected chi connectivity index (χ2v) is 6.67. The highest BCUT2D eigenvalue weighted by atomic mass is 32.2. The van der Waals surface area contributed by atoms with Gasteiger partial charge in [0.15, 0.2) is 0 Å². The third-order valence-electron chi connectivity index (χ3n) is 4.31. The zero-order valence-electron chi connectivity index (χ0n) is 13.8. The summed E-state index contributed by atoms with van der Waals surface area (Å²) in [6.45, 7) is 2.03. The molecule has 0 unspecified atom stereocenters. The lowest BCUT2D eigenvalue weighted by atomic mass is 9.94. The number of hydrogen-bond acceptors (Lipinski definition) is 5. The van der Waals surface area contributed by atoms with Crippen LogP contribution in [0.3, 0.4) is 0 Å². The van der Waals surface area contributed by atoms with Crippen molar-refractivity contribution in [3.05, 3.63) is 41.9 Å². The molecule has 0 aromatic carbocycles. The van der Waals surface area contributed by atoms with E-state index < -0.39 is 0 Å². The number of piperidine rings is 1. The number of thioether (sulfide) groups is 1. The smallest absolute Gasteiger partial charge is 0.256 e. The van der Waals surface area contributed by atoms with Gasteiger partial charge in [0.2, 0.25) is 0 Å². The third-order valence-corrected chi connectivity index (χ3v) is 5.02. The van der Waals surface area contributed by atoms with Gasteiger partial charge in [-0.25, -0.2) is 4.98 Å². The Morgan fingerprint density at radius 1 is 1.46 bits per heavy atom. The van der Waals surface area contributed by atoms with Crippen molar-refractivity contribution in [2.24, 2.45) is 0 Å². The van der Waals surface area contributed by atoms with Crippen LogP contribution in [0.5, 0.6) is 0 Å². The van der Waals surface area contributed by atoms with Gasteiger partial charge in [-0.15, -0.1) is 11.8 Å². The summed E-state index contributed by atoms with van der Waals surface area (Å²) in [5.74, 6) is 0.295. The van der Waals surface area contributed by atoms with Crippen molar-refractivity contribution in [1.82, 2.24) is 19.7 Å². The molecular weight excluding hydrogens is 324 g/mol. The van der Waals surface area contributed by atoms with E-state index in [0.717, 1.165) is 30.1 Å². The standard InChI is InChI=1S/C17H22N4O2S/c1-24-16-14(5-2-7-18-16)17(23)20-8-3-4-13(12-20)15-6-9-21(19-15)10-11-22/h2,5-7,9,13,22H,3-4,8,10-12H2,1H3/t13-/m0/s1. The van der Waals surface area contributed by atoms with Gasteiger partial charge in [-0.3, -0.25) is 9.48 Å². The maximum absolute atomic E-state index is 12.9. The van der Waals surface area contributed by atoms with Crippen LogP contribution in [0.25, 0.3) is 0 Å². The minimum absolute atomic E-state index is 0.0481. The molecule has 1 fully saturated rings. The number of pyridine rings is 1. The van der Waals surface area contributed by atoms with E-state index in [0.29, 0.717) is 18.7 Å². The predicted octanol–water partition coefficient (Wildman–Crippen LogP) is 2.01. The maximum Gasteiger partial charge on any atom is 0.256 e. The molecule has 1 aliphatic rings. The molecule has 0 radical (unpaired) electrons. The summed E-state index contributed by atoms with van der Waals surface area (Å²) in [7, 11) is 0. The SMILES string of the molecule is CSc1ncccc1C(=O)N1CCC[C@H](c2ccn(CCO)n2)C1. The molecule has 7 heteroatoms. The molecule has 6 nitrogen and oxygen atoms in total. The number of carbonyl (C=O) groups excluding carboxylic acids is 1. The Labute approximate surface area is 145 Å². The zero-order valence-corrected chi connectivity index (χ0v) is 14.6. The highest BCUT2D eigenvalue weighted by Gasteiger charge is 2.28. The van der Waals surface area contributed by atoms with Crippen molar-refractivity contribution in [3.8, 4) is 0 Å². The fourth-order valence-corrected chi connectivity index (χ4v) is 3.65. The fourth-order valence-electron chi connectivity index (χ4n) is 3.11. The van der Waals surface area contributed by atoms with Crippen LogP contribution in [-0.4, -0.2) is 56.6 Å². The summed E-state index contributed by atoms with van der Waals surface area (Å²) >= 11 is 1.50. The molecule has 0 bridgehead atoms. The van der Waals surface area contributed by atoms with Gasteiger partial charge in [-0.1, -0.05) is 0 Å². The molecule has 1 aliphatic heterocycles. The molecule has 1 saturated heterocycles. The van der Waals surface area contributed by atoms with Crippen molar-refractivity contribution in [1.29, 1.82) is 0 Å². The molecule has 1 N–H and O–H groups in total. The number of nitrogens with zero attached hydrogens (tertiary/aromatic N) is 4. The predicted molar refractivity (Wildman–Crippen MR) is 93.2 cm³/mol. The molecule has 128 valence electrons. The quantitative estimate of drug-likeness (QED) is 0.839. The van der Waals surface area contributed by atoms with Gasteiger partial charge in [-0.2, -0.15) is 5.10 Å². The summed E-state index contributed by atoms with van der Waals surface area (Å²) in [6, 6.07) is 5.65. The van der Waals surface area contributed by atoms with Crippen LogP contribution in [0, 0.1) is 0 Å². The molecular formula is C17H22N4O2S. The lowest BCUT2D eigenvalue weighted by Gasteiger charge is -2.32. The second-order valence-electron chi connectivity index (χ2n) is 5.88. The normalized spacial score (nSPS) is 17.9. The number of amides is 1. The van der Waals surface area contributed by atoms with Gasteiger partial charge >= 0.3 is 0 Å². The van der Waals surface area contributed by atoms with E-state index in [1.54, 1.807) is 10.9 Å². The van der Waals surface area contributed by atoms with Gasteiger partial charge in [-0.05, 0) is 37.3 Å². The molecule has 0 aliphatic carbocycles. The average molecular weight is 346 g/mol. The first kappa shape index (κ1) is 17.0. The lowest BCUT2D eigenvalue weighted by Crippen LogP contribution is -2.39. The molecule has 3 heterocycles. The van der Waals surface area contributed by atoms with Gasteiger partial charge in [0, 0.05) is 31.4 Å². The molecule has 0 spiro atoms. The summed E-state index contributed by atoms with van der Waals surface area (Å²) < 4.78 is 1.75. The highest BCUT2D eigenvalue weighted by Crippen LogP contribution is 2.28. The first-order chi connectivity index (χ1) is 11.7. The topological polar surface area (TPSA) is 71.2 Å². The Kier molecular flexibility index (Phi) is 5.52. The summed E-state index contributed by atoms with van der Waals surface area (Å²) in [4.78, 5) is 19.1. The van der Waals surface area contributed by atoms with E-state index in [-0.39, 0.29) is 18.4 Å². The Bertz CT molecular complexity index is 703. The second kappa shape index (κ2) is 7.81. The van der Waals surface area contributed by atoms with Gasteiger partial charge in [0.05, 0.1) is 24.4 Å². The third kappa shape index (κ3) is 3.62. The Balaban J connectivity index is 1.73. The summed E-state index contributed by atoms with van der Waals surface area (Å²) in [5.41, 5.74) is 1.67. The molecule has 1 amide bonds. The molecule has 2 aromatic heterocycles. The van der Waals surface area contributed by atoms with Crippen molar-refractivity contribution in [2.45, 2.75) is 30.3 Å². The summed E-state index contributed by atoms with van der Waals surface area (Å²) in [5, 5.41) is 14.3. The Morgan fingerprint density at radius 2 is 2.33 bits per heavy atom. The van der Waals surface area contributed by atoms with E-state index in [4.69, 9.17) is 5.11 Å². The highest BCUT2D eigenvalue weighted by molar-refractivity contribution is 7.98.